The lowest BCUT2D eigenvalue weighted by Gasteiger charge is -2.29. The number of hydrogen-bond donors (Lipinski definition) is 1. The molecule has 0 radical (unpaired) electrons. The van der Waals surface area contributed by atoms with Crippen molar-refractivity contribution in [2.75, 3.05) is 6.54 Å². The normalized spacial score (nSPS) is 11.9. The number of rotatable bonds is 9. The zero-order valence-corrected chi connectivity index (χ0v) is 19.3. The molecule has 1 unspecified atom stereocenters. The first-order chi connectivity index (χ1) is 13.8. The van der Waals surface area contributed by atoms with E-state index in [1.807, 2.05) is 31.2 Å². The van der Waals surface area contributed by atoms with E-state index in [0.717, 1.165) is 15.6 Å². The Kier molecular flexibility index (Phi) is 8.90. The second-order valence-electron chi connectivity index (χ2n) is 7.61. The number of hydrogen-bond acceptors (Lipinski definition) is 2. The van der Waals surface area contributed by atoms with Crippen molar-refractivity contribution in [1.82, 2.24) is 10.2 Å². The van der Waals surface area contributed by atoms with Gasteiger partial charge in [-0.15, -0.1) is 0 Å². The van der Waals surface area contributed by atoms with Crippen molar-refractivity contribution < 1.29 is 9.59 Å². The molecule has 2 rings (SSSR count). The Morgan fingerprint density at radius 2 is 1.55 bits per heavy atom. The average molecular weight is 459 g/mol. The van der Waals surface area contributed by atoms with Crippen LogP contribution in [-0.2, 0) is 22.6 Å². The lowest BCUT2D eigenvalue weighted by Crippen LogP contribution is -2.47. The number of halogens is 1. The van der Waals surface area contributed by atoms with E-state index in [9.17, 15) is 9.59 Å². The molecule has 2 amide bonds. The monoisotopic (exact) mass is 458 g/mol. The summed E-state index contributed by atoms with van der Waals surface area (Å²) in [6, 6.07) is 15.8. The molecule has 0 saturated carbocycles. The summed E-state index contributed by atoms with van der Waals surface area (Å²) in [4.78, 5) is 27.1. The first kappa shape index (κ1) is 23.1. The lowest BCUT2D eigenvalue weighted by molar-refractivity contribution is -0.140. The van der Waals surface area contributed by atoms with Gasteiger partial charge in [-0.3, -0.25) is 9.59 Å². The van der Waals surface area contributed by atoms with Gasteiger partial charge >= 0.3 is 0 Å². The quantitative estimate of drug-likeness (QED) is 0.570. The van der Waals surface area contributed by atoms with Crippen molar-refractivity contribution in [3.63, 3.8) is 0 Å². The molecule has 0 spiro atoms. The van der Waals surface area contributed by atoms with Gasteiger partial charge in [-0.1, -0.05) is 66.2 Å². The third kappa shape index (κ3) is 7.00. The molecular formula is C24H31BrN2O2. The third-order valence-corrected chi connectivity index (χ3v) is 5.59. The summed E-state index contributed by atoms with van der Waals surface area (Å²) in [5, 5.41) is 2.83. The van der Waals surface area contributed by atoms with Gasteiger partial charge in [0.25, 0.3) is 0 Å². The van der Waals surface area contributed by atoms with E-state index in [1.54, 1.807) is 11.8 Å². The van der Waals surface area contributed by atoms with Gasteiger partial charge in [0.15, 0.2) is 0 Å². The van der Waals surface area contributed by atoms with Crippen molar-refractivity contribution in [3.8, 4) is 0 Å². The van der Waals surface area contributed by atoms with E-state index in [0.29, 0.717) is 31.8 Å². The fraction of sp³-hybridized carbons (Fsp3) is 0.417. The van der Waals surface area contributed by atoms with Crippen LogP contribution in [0.5, 0.6) is 0 Å². The molecule has 2 aromatic carbocycles. The maximum absolute atomic E-state index is 13.0. The SMILES string of the molecule is CCNC(=O)C(C)N(Cc1ccc(Br)cc1)C(=O)CCc1ccc(C(C)C)cc1. The average Bonchev–Trinajstić information content (AvgIpc) is 2.71. The molecule has 0 aromatic heterocycles. The Balaban J connectivity index is 2.10. The number of amides is 2. The Hall–Kier alpha value is -2.14. The van der Waals surface area contributed by atoms with Crippen molar-refractivity contribution >= 4 is 27.7 Å². The van der Waals surface area contributed by atoms with Crippen LogP contribution in [0.4, 0.5) is 0 Å². The molecule has 0 aliphatic heterocycles. The second-order valence-corrected chi connectivity index (χ2v) is 8.53. The molecule has 29 heavy (non-hydrogen) atoms. The van der Waals surface area contributed by atoms with Crippen LogP contribution >= 0.6 is 15.9 Å². The summed E-state index contributed by atoms with van der Waals surface area (Å²) in [7, 11) is 0. The molecule has 0 fully saturated rings. The summed E-state index contributed by atoms with van der Waals surface area (Å²) >= 11 is 3.43. The molecule has 0 saturated heterocycles. The largest absolute Gasteiger partial charge is 0.355 e. The molecule has 156 valence electrons. The van der Waals surface area contributed by atoms with Crippen LogP contribution in [0.25, 0.3) is 0 Å². The summed E-state index contributed by atoms with van der Waals surface area (Å²) in [6.45, 7) is 8.97. The first-order valence-corrected chi connectivity index (χ1v) is 11.0. The zero-order valence-electron chi connectivity index (χ0n) is 17.7. The van der Waals surface area contributed by atoms with Gasteiger partial charge in [0.2, 0.25) is 11.8 Å². The van der Waals surface area contributed by atoms with E-state index in [1.165, 1.54) is 5.56 Å². The summed E-state index contributed by atoms with van der Waals surface area (Å²) in [5.74, 6) is 0.351. The van der Waals surface area contributed by atoms with Gasteiger partial charge in [0.05, 0.1) is 0 Å². The highest BCUT2D eigenvalue weighted by Gasteiger charge is 2.25. The topological polar surface area (TPSA) is 49.4 Å². The van der Waals surface area contributed by atoms with Crippen molar-refractivity contribution in [1.29, 1.82) is 0 Å². The van der Waals surface area contributed by atoms with Crippen LogP contribution in [0.3, 0.4) is 0 Å². The molecular weight excluding hydrogens is 428 g/mol. The summed E-state index contributed by atoms with van der Waals surface area (Å²) in [6.07, 6.45) is 1.04. The van der Waals surface area contributed by atoms with Crippen LogP contribution in [0.15, 0.2) is 53.0 Å². The zero-order chi connectivity index (χ0) is 21.4. The molecule has 4 nitrogen and oxygen atoms in total. The van der Waals surface area contributed by atoms with E-state index < -0.39 is 6.04 Å². The molecule has 1 N–H and O–H groups in total. The number of nitrogens with zero attached hydrogens (tertiary/aromatic N) is 1. The fourth-order valence-corrected chi connectivity index (χ4v) is 3.42. The van der Waals surface area contributed by atoms with Gasteiger partial charge in [0, 0.05) is 24.0 Å². The number of nitrogens with one attached hydrogen (secondary N) is 1. The molecule has 1 atom stereocenters. The first-order valence-electron chi connectivity index (χ1n) is 10.2. The van der Waals surface area contributed by atoms with Crippen molar-refractivity contribution in [3.05, 3.63) is 69.7 Å². The Morgan fingerprint density at radius 3 is 2.10 bits per heavy atom. The molecule has 0 aliphatic carbocycles. The van der Waals surface area contributed by atoms with E-state index >= 15 is 0 Å². The predicted octanol–water partition coefficient (Wildman–Crippen LogP) is 5.06. The maximum Gasteiger partial charge on any atom is 0.242 e. The predicted molar refractivity (Wildman–Crippen MR) is 122 cm³/mol. The van der Waals surface area contributed by atoms with Gasteiger partial charge in [0.1, 0.15) is 6.04 Å². The van der Waals surface area contributed by atoms with Crippen molar-refractivity contribution in [2.24, 2.45) is 0 Å². The van der Waals surface area contributed by atoms with E-state index in [-0.39, 0.29) is 11.8 Å². The molecule has 0 aliphatic rings. The number of carbonyl (C=O) groups is 2. The van der Waals surface area contributed by atoms with E-state index in [2.05, 4.69) is 59.4 Å². The van der Waals surface area contributed by atoms with Gasteiger partial charge in [-0.2, -0.15) is 0 Å². The van der Waals surface area contributed by atoms with Gasteiger partial charge in [-0.05, 0) is 55.0 Å². The minimum absolute atomic E-state index is 0.0143. The second kappa shape index (κ2) is 11.1. The molecule has 0 heterocycles. The maximum atomic E-state index is 13.0. The van der Waals surface area contributed by atoms with Crippen LogP contribution in [-0.4, -0.2) is 29.3 Å². The number of carbonyl (C=O) groups excluding carboxylic acids is 2. The van der Waals surface area contributed by atoms with Crippen LogP contribution in [0, 0.1) is 0 Å². The fourth-order valence-electron chi connectivity index (χ4n) is 3.16. The van der Waals surface area contributed by atoms with Crippen LogP contribution < -0.4 is 5.32 Å². The molecule has 5 heteroatoms. The lowest BCUT2D eigenvalue weighted by atomic mass is 10.00. The van der Waals surface area contributed by atoms with Crippen molar-refractivity contribution in [2.45, 2.75) is 59.0 Å². The van der Waals surface area contributed by atoms with Crippen LogP contribution in [0.2, 0.25) is 0 Å². The molecule has 2 aromatic rings. The number of likely N-dealkylation sites (N-methyl/N-ethyl adjacent to an activating group) is 1. The smallest absolute Gasteiger partial charge is 0.242 e. The van der Waals surface area contributed by atoms with Gasteiger partial charge in [-0.25, -0.2) is 0 Å². The molecule has 0 bridgehead atoms. The number of aryl methyl sites for hydroxylation is 1. The highest BCUT2D eigenvalue weighted by atomic mass is 79.9. The Labute approximate surface area is 182 Å². The summed E-state index contributed by atoms with van der Waals surface area (Å²) in [5.41, 5.74) is 3.43. The highest BCUT2D eigenvalue weighted by Crippen LogP contribution is 2.18. The van der Waals surface area contributed by atoms with E-state index in [4.69, 9.17) is 0 Å². The van der Waals surface area contributed by atoms with Crippen LogP contribution in [0.1, 0.15) is 56.7 Å². The third-order valence-electron chi connectivity index (χ3n) is 5.06. The standard InChI is InChI=1S/C24H31BrN2O2/c1-5-26-24(29)18(4)27(16-20-8-13-22(25)14-9-20)23(28)15-10-19-6-11-21(12-7-19)17(2)3/h6-9,11-14,17-18H,5,10,15-16H2,1-4H3,(H,26,29). The number of benzene rings is 2. The minimum atomic E-state index is -0.519. The highest BCUT2D eigenvalue weighted by molar-refractivity contribution is 9.10. The summed E-state index contributed by atoms with van der Waals surface area (Å²) < 4.78 is 0.987. The Morgan fingerprint density at radius 1 is 0.966 bits per heavy atom. The Bertz CT molecular complexity index is 801. The minimum Gasteiger partial charge on any atom is -0.355 e. The van der Waals surface area contributed by atoms with Gasteiger partial charge < -0.3 is 10.2 Å².